The van der Waals surface area contributed by atoms with Crippen LogP contribution in [0.1, 0.15) is 8.22 Å². The summed E-state index contributed by atoms with van der Waals surface area (Å²) in [5.74, 6) is 1.27. The Morgan fingerprint density at radius 1 is 0.381 bits per heavy atom. The van der Waals surface area contributed by atoms with Crippen molar-refractivity contribution >= 4 is 65.6 Å². The van der Waals surface area contributed by atoms with Gasteiger partial charge >= 0.3 is 0 Å². The first-order valence-corrected chi connectivity index (χ1v) is 20.7. The molecule has 0 atom stereocenters. The standard InChI is InChI=1S/C57H35N5O/c1-3-16-36(17-4-1)55-58-56(37-30-32-51-46(34-37)42-22-9-11-26-48(42)61(51)39-18-5-2-6-19-39)60-57(59-55)38-31-33-52(62-49-27-12-7-20-40(49)41-21-8-13-28-50(41)62)47(35-38)45-25-15-24-44-43-23-10-14-29-53(43)63-54(44)45/h1-35H/i10D,15D,23D,24D,25D,29D. The number of benzene rings is 9. The summed E-state index contributed by atoms with van der Waals surface area (Å²) in [7, 11) is 0. The number of furan rings is 1. The van der Waals surface area contributed by atoms with E-state index in [0.29, 0.717) is 34.3 Å². The van der Waals surface area contributed by atoms with E-state index in [4.69, 9.17) is 24.9 Å². The molecule has 0 bridgehead atoms. The van der Waals surface area contributed by atoms with E-state index in [1.807, 2.05) is 115 Å². The second-order valence-electron chi connectivity index (χ2n) is 15.5. The van der Waals surface area contributed by atoms with Gasteiger partial charge in [0, 0.05) is 65.8 Å². The minimum atomic E-state index is -0.377. The van der Waals surface area contributed by atoms with E-state index in [1.54, 1.807) is 0 Å². The Balaban J connectivity index is 1.10. The molecule has 9 aromatic carbocycles. The number of aromatic nitrogens is 5. The maximum absolute atomic E-state index is 9.62. The van der Waals surface area contributed by atoms with Crippen LogP contribution in [0, 0.1) is 0 Å². The molecule has 294 valence electrons. The normalized spacial score (nSPS) is 13.1. The van der Waals surface area contributed by atoms with Gasteiger partial charge in [0.1, 0.15) is 11.2 Å². The summed E-state index contributed by atoms with van der Waals surface area (Å²) < 4.78 is 65.1. The average molecular weight is 812 g/mol. The lowest BCUT2D eigenvalue weighted by molar-refractivity contribution is 0.670. The van der Waals surface area contributed by atoms with Crippen LogP contribution in [0.5, 0.6) is 0 Å². The van der Waals surface area contributed by atoms with E-state index in [1.165, 1.54) is 6.07 Å². The highest BCUT2D eigenvalue weighted by atomic mass is 16.3. The number of nitrogens with zero attached hydrogens (tertiary/aromatic N) is 5. The van der Waals surface area contributed by atoms with Gasteiger partial charge in [0.25, 0.3) is 0 Å². The van der Waals surface area contributed by atoms with Crippen LogP contribution in [-0.4, -0.2) is 24.1 Å². The fraction of sp³-hybridized carbons (Fsp3) is 0. The molecule has 13 rings (SSSR count). The van der Waals surface area contributed by atoms with Crippen LogP contribution < -0.4 is 0 Å². The van der Waals surface area contributed by atoms with Gasteiger partial charge in [0.2, 0.25) is 0 Å². The average Bonchev–Trinajstić information content (AvgIpc) is 4.06. The predicted octanol–water partition coefficient (Wildman–Crippen LogP) is 14.6. The fourth-order valence-electron chi connectivity index (χ4n) is 9.13. The van der Waals surface area contributed by atoms with Gasteiger partial charge in [-0.3, -0.25) is 0 Å². The van der Waals surface area contributed by atoms with Crippen LogP contribution in [0.25, 0.3) is 122 Å². The van der Waals surface area contributed by atoms with Crippen LogP contribution in [0.2, 0.25) is 0 Å². The topological polar surface area (TPSA) is 61.7 Å². The SMILES string of the molecule is [2H]c1cc([2H])c2oc3c(-c4cc(-c5nc(-c6ccccc6)nc(-c6ccc7c(c6)c6ccccc6n7-c6ccccc6)n5)ccc4-n4c5ccccc5c5ccccc54)c([2H])c([2H])c([2H])c3c2c1[2H]. The monoisotopic (exact) mass is 811 g/mol. The minimum Gasteiger partial charge on any atom is -0.455 e. The largest absolute Gasteiger partial charge is 0.455 e. The van der Waals surface area contributed by atoms with Crippen molar-refractivity contribution in [3.8, 4) is 56.7 Å². The first kappa shape index (κ1) is 29.6. The summed E-state index contributed by atoms with van der Waals surface area (Å²) in [5.41, 5.74) is 8.55. The van der Waals surface area contributed by atoms with Gasteiger partial charge in [-0.25, -0.2) is 15.0 Å². The molecule has 63 heavy (non-hydrogen) atoms. The second-order valence-corrected chi connectivity index (χ2v) is 15.5. The Bertz CT molecular complexity index is 4220. The molecule has 0 N–H and O–H groups in total. The molecular weight excluding hydrogens is 771 g/mol. The zero-order valence-corrected chi connectivity index (χ0v) is 33.4. The van der Waals surface area contributed by atoms with Gasteiger partial charge in [-0.05, 0) is 72.8 Å². The highest BCUT2D eigenvalue weighted by Crippen LogP contribution is 2.43. The molecule has 6 nitrogen and oxygen atoms in total. The molecule has 0 aliphatic rings. The van der Waals surface area contributed by atoms with Crippen molar-refractivity contribution < 1.29 is 12.6 Å². The Morgan fingerprint density at radius 2 is 0.937 bits per heavy atom. The smallest absolute Gasteiger partial charge is 0.164 e. The molecule has 0 unspecified atom stereocenters. The molecule has 0 saturated carbocycles. The Labute approximate surface area is 370 Å². The van der Waals surface area contributed by atoms with Crippen LogP contribution in [0.15, 0.2) is 217 Å². The van der Waals surface area contributed by atoms with Gasteiger partial charge in [-0.15, -0.1) is 0 Å². The van der Waals surface area contributed by atoms with Gasteiger partial charge in [0.05, 0.1) is 36.0 Å². The van der Waals surface area contributed by atoms with Crippen molar-refractivity contribution in [2.24, 2.45) is 0 Å². The molecule has 0 fully saturated rings. The van der Waals surface area contributed by atoms with Gasteiger partial charge in [0.15, 0.2) is 17.5 Å². The summed E-state index contributed by atoms with van der Waals surface area (Å²) in [6.07, 6.45) is 0. The predicted molar refractivity (Wildman–Crippen MR) is 258 cm³/mol. The molecule has 6 heteroatoms. The van der Waals surface area contributed by atoms with E-state index >= 15 is 0 Å². The molecule has 0 aliphatic heterocycles. The summed E-state index contributed by atoms with van der Waals surface area (Å²) in [4.78, 5) is 15.5. The molecule has 0 amide bonds. The number of rotatable bonds is 6. The maximum atomic E-state index is 9.62. The van der Waals surface area contributed by atoms with Crippen molar-refractivity contribution in [1.82, 2.24) is 24.1 Å². The van der Waals surface area contributed by atoms with E-state index < -0.39 is 0 Å². The summed E-state index contributed by atoms with van der Waals surface area (Å²) in [5, 5.41) is 4.36. The molecule has 0 aliphatic carbocycles. The first-order chi connectivity index (χ1) is 33.7. The van der Waals surface area contributed by atoms with Crippen molar-refractivity contribution in [2.75, 3.05) is 0 Å². The lowest BCUT2D eigenvalue weighted by atomic mass is 9.98. The number of hydrogen-bond acceptors (Lipinski definition) is 4. The molecule has 4 heterocycles. The van der Waals surface area contributed by atoms with Crippen LogP contribution in [0.3, 0.4) is 0 Å². The zero-order valence-electron chi connectivity index (χ0n) is 39.4. The van der Waals surface area contributed by atoms with Crippen LogP contribution in [-0.2, 0) is 0 Å². The van der Waals surface area contributed by atoms with E-state index in [9.17, 15) is 2.74 Å². The molecule has 0 spiro atoms. The molecular formula is C57H35N5O. The maximum Gasteiger partial charge on any atom is 0.164 e. The van der Waals surface area contributed by atoms with E-state index in [-0.39, 0.29) is 63.8 Å². The van der Waals surface area contributed by atoms with Gasteiger partial charge in [-0.2, -0.15) is 0 Å². The summed E-state index contributed by atoms with van der Waals surface area (Å²) in [6, 6.07) is 56.4. The minimum absolute atomic E-state index is 0.0128. The summed E-state index contributed by atoms with van der Waals surface area (Å²) >= 11 is 0. The fourth-order valence-corrected chi connectivity index (χ4v) is 9.13. The highest BCUT2D eigenvalue weighted by molar-refractivity contribution is 6.13. The second kappa shape index (κ2) is 14.0. The van der Waals surface area contributed by atoms with Crippen LogP contribution >= 0.6 is 0 Å². The summed E-state index contributed by atoms with van der Waals surface area (Å²) in [6.45, 7) is 0. The van der Waals surface area contributed by atoms with Crippen molar-refractivity contribution in [3.05, 3.63) is 212 Å². The van der Waals surface area contributed by atoms with Crippen molar-refractivity contribution in [3.63, 3.8) is 0 Å². The van der Waals surface area contributed by atoms with Gasteiger partial charge < -0.3 is 13.6 Å². The van der Waals surface area contributed by atoms with Crippen LogP contribution in [0.4, 0.5) is 0 Å². The third kappa shape index (κ3) is 5.55. The molecule has 0 radical (unpaired) electrons. The highest BCUT2D eigenvalue weighted by Gasteiger charge is 2.22. The number of fused-ring (bicyclic) bond motifs is 9. The number of para-hydroxylation sites is 6. The van der Waals surface area contributed by atoms with Crippen molar-refractivity contribution in [2.45, 2.75) is 0 Å². The Kier molecular flexibility index (Phi) is 6.56. The van der Waals surface area contributed by atoms with E-state index in [0.717, 1.165) is 60.4 Å². The third-order valence-corrected chi connectivity index (χ3v) is 11.9. The molecule has 0 saturated heterocycles. The lowest BCUT2D eigenvalue weighted by Crippen LogP contribution is -2.02. The van der Waals surface area contributed by atoms with Gasteiger partial charge in [-0.1, -0.05) is 139 Å². The van der Waals surface area contributed by atoms with E-state index in [2.05, 4.69) is 63.7 Å². The zero-order chi connectivity index (χ0) is 46.7. The Hall–Kier alpha value is -8.61. The number of hydrogen-bond donors (Lipinski definition) is 0. The first-order valence-electron chi connectivity index (χ1n) is 23.7. The lowest BCUT2D eigenvalue weighted by Gasteiger charge is -2.16. The Morgan fingerprint density at radius 3 is 1.65 bits per heavy atom. The molecule has 13 aromatic rings. The quantitative estimate of drug-likeness (QED) is 0.168. The third-order valence-electron chi connectivity index (χ3n) is 11.9. The molecule has 4 aromatic heterocycles. The van der Waals surface area contributed by atoms with Crippen molar-refractivity contribution in [1.29, 1.82) is 0 Å².